The lowest BCUT2D eigenvalue weighted by Crippen LogP contribution is -2.37. The monoisotopic (exact) mass is 752 g/mol. The molecule has 5 N–H and O–H groups in total. The van der Waals surface area contributed by atoms with Gasteiger partial charge in [-0.15, -0.1) is 0 Å². The van der Waals surface area contributed by atoms with Crippen molar-refractivity contribution in [2.45, 2.75) is 71.3 Å². The van der Waals surface area contributed by atoms with Crippen molar-refractivity contribution in [3.63, 3.8) is 0 Å². The molecule has 18 nitrogen and oxygen atoms in total. The molecule has 0 unspecified atom stereocenters. The van der Waals surface area contributed by atoms with Crippen LogP contribution < -0.4 is 5.32 Å². The van der Waals surface area contributed by atoms with Crippen LogP contribution in [0.25, 0.3) is 0 Å². The fourth-order valence-electron chi connectivity index (χ4n) is 4.77. The summed E-state index contributed by atoms with van der Waals surface area (Å²) in [5.74, 6) is -1.86. The van der Waals surface area contributed by atoms with Gasteiger partial charge in [0.2, 0.25) is 0 Å². The molecule has 0 aromatic heterocycles. The lowest BCUT2D eigenvalue weighted by atomic mass is 10.2. The van der Waals surface area contributed by atoms with E-state index in [2.05, 4.69) is 10.2 Å². The molecule has 0 atom stereocenters. The zero-order valence-electron chi connectivity index (χ0n) is 31.4. The van der Waals surface area contributed by atoms with E-state index in [0.717, 1.165) is 0 Å². The van der Waals surface area contributed by atoms with Gasteiger partial charge in [0, 0.05) is 32.7 Å². The predicted molar refractivity (Wildman–Crippen MR) is 188 cm³/mol. The van der Waals surface area contributed by atoms with Crippen LogP contribution in [0.15, 0.2) is 0 Å². The molecule has 52 heavy (non-hydrogen) atoms. The Hall–Kier alpha value is -3.13. The quantitative estimate of drug-likeness (QED) is 0.0324. The average Bonchev–Trinajstić information content (AvgIpc) is 3.10. The zero-order chi connectivity index (χ0) is 39.0. The van der Waals surface area contributed by atoms with Gasteiger partial charge in [-0.05, 0) is 72.8 Å². The van der Waals surface area contributed by atoms with Gasteiger partial charge in [-0.2, -0.15) is 0 Å². The lowest BCUT2D eigenvalue weighted by molar-refractivity contribution is -0.146. The van der Waals surface area contributed by atoms with E-state index in [1.807, 2.05) is 9.80 Å². The Bertz CT molecular complexity index is 876. The zero-order valence-corrected chi connectivity index (χ0v) is 31.4. The van der Waals surface area contributed by atoms with E-state index in [4.69, 9.17) is 44.1 Å². The molecular weight excluding hydrogens is 688 g/mol. The Balaban J connectivity index is 5.45. The Kier molecular flexibility index (Phi) is 29.5. The largest absolute Gasteiger partial charge is 0.463 e. The molecule has 0 saturated carbocycles. The number of rotatable bonds is 32. The first-order valence-corrected chi connectivity index (χ1v) is 18.0. The number of nitrogens with one attached hydrogen (secondary N) is 1. The highest BCUT2D eigenvalue weighted by Gasteiger charge is 2.17. The third-order valence-corrected chi connectivity index (χ3v) is 7.16. The summed E-state index contributed by atoms with van der Waals surface area (Å²) in [6.45, 7) is 8.59. The van der Waals surface area contributed by atoms with E-state index in [1.54, 1.807) is 20.8 Å². The highest BCUT2D eigenvalue weighted by molar-refractivity contribution is 5.71. The fourth-order valence-corrected chi connectivity index (χ4v) is 4.77. The van der Waals surface area contributed by atoms with Gasteiger partial charge in [-0.1, -0.05) is 0 Å². The molecule has 0 aliphatic heterocycles. The highest BCUT2D eigenvalue weighted by atomic mass is 16.6. The van der Waals surface area contributed by atoms with Gasteiger partial charge in [-0.3, -0.25) is 19.2 Å². The van der Waals surface area contributed by atoms with Crippen molar-refractivity contribution in [1.29, 1.82) is 0 Å². The number of carbonyl (C=O) groups is 5. The molecule has 18 heteroatoms. The average molecular weight is 753 g/mol. The van der Waals surface area contributed by atoms with Crippen molar-refractivity contribution in [2.24, 2.45) is 0 Å². The first-order valence-electron chi connectivity index (χ1n) is 18.0. The summed E-state index contributed by atoms with van der Waals surface area (Å²) in [7, 11) is 0. The summed E-state index contributed by atoms with van der Waals surface area (Å²) in [5, 5.41) is 38.5. The third kappa shape index (κ3) is 30.5. The van der Waals surface area contributed by atoms with Crippen LogP contribution in [-0.2, 0) is 42.9 Å². The minimum Gasteiger partial charge on any atom is -0.463 e. The summed E-state index contributed by atoms with van der Waals surface area (Å²) in [6, 6.07) is 0. The van der Waals surface area contributed by atoms with E-state index in [9.17, 15) is 24.0 Å². The first-order chi connectivity index (χ1) is 24.8. The molecule has 304 valence electrons. The van der Waals surface area contributed by atoms with Crippen LogP contribution in [0.1, 0.15) is 65.7 Å². The first kappa shape index (κ1) is 48.9. The van der Waals surface area contributed by atoms with Crippen LogP contribution in [0, 0.1) is 0 Å². The standard InChI is InChI=1S/C34H64N4O14/c1-34(2,3)52-33(47)35-11-4-12-36(13-5-15-37(17-7-29(43)48-25-21-39)18-8-30(44)49-26-22-40)14-6-16-38(19-9-31(45)50-27-23-41)20-10-32(46)51-28-24-42/h39-42H,4-28H2,1-3H3,(H,35,47). The van der Waals surface area contributed by atoms with Crippen LogP contribution in [0.5, 0.6) is 0 Å². The van der Waals surface area contributed by atoms with E-state index in [-0.39, 0.29) is 78.5 Å². The number of esters is 4. The minimum atomic E-state index is -0.621. The summed E-state index contributed by atoms with van der Waals surface area (Å²) >= 11 is 0. The van der Waals surface area contributed by atoms with Gasteiger partial charge in [-0.25, -0.2) is 4.79 Å². The minimum absolute atomic E-state index is 0.0721. The van der Waals surface area contributed by atoms with Crippen molar-refractivity contribution >= 4 is 30.0 Å². The van der Waals surface area contributed by atoms with Gasteiger partial charge >= 0.3 is 30.0 Å². The molecule has 0 bridgehead atoms. The number of carbonyl (C=O) groups excluding carboxylic acids is 5. The van der Waals surface area contributed by atoms with Gasteiger partial charge < -0.3 is 64.1 Å². The fraction of sp³-hybridized carbons (Fsp3) is 0.853. The van der Waals surface area contributed by atoms with Crippen molar-refractivity contribution in [3.8, 4) is 0 Å². The third-order valence-electron chi connectivity index (χ3n) is 7.16. The van der Waals surface area contributed by atoms with Gasteiger partial charge in [0.1, 0.15) is 32.0 Å². The number of nitrogens with zero attached hydrogens (tertiary/aromatic N) is 3. The van der Waals surface area contributed by atoms with E-state index in [0.29, 0.717) is 84.7 Å². The smallest absolute Gasteiger partial charge is 0.407 e. The number of ether oxygens (including phenoxy) is 5. The van der Waals surface area contributed by atoms with Crippen molar-refractivity contribution < 1.29 is 68.1 Å². The summed E-state index contributed by atoms with van der Waals surface area (Å²) in [4.78, 5) is 66.5. The topological polar surface area (TPSA) is 234 Å². The molecule has 1 amide bonds. The van der Waals surface area contributed by atoms with E-state index >= 15 is 0 Å². The summed E-state index contributed by atoms with van der Waals surface area (Å²) in [6.07, 6.45) is 1.77. The van der Waals surface area contributed by atoms with E-state index < -0.39 is 35.6 Å². The van der Waals surface area contributed by atoms with Crippen LogP contribution in [0.3, 0.4) is 0 Å². The number of hydrogen-bond donors (Lipinski definition) is 5. The number of aliphatic hydroxyl groups excluding tert-OH is 4. The molecule has 0 radical (unpaired) electrons. The predicted octanol–water partition coefficient (Wildman–Crippen LogP) is -0.710. The van der Waals surface area contributed by atoms with Crippen LogP contribution in [0.2, 0.25) is 0 Å². The number of amides is 1. The molecule has 0 aromatic carbocycles. The number of alkyl carbamates (subject to hydrolysis) is 1. The Morgan fingerprint density at radius 3 is 1.06 bits per heavy atom. The second-order valence-corrected chi connectivity index (χ2v) is 12.8. The lowest BCUT2D eigenvalue weighted by Gasteiger charge is -2.27. The normalized spacial score (nSPS) is 11.5. The van der Waals surface area contributed by atoms with Crippen LogP contribution >= 0.6 is 0 Å². The molecule has 0 spiro atoms. The second-order valence-electron chi connectivity index (χ2n) is 12.8. The summed E-state index contributed by atoms with van der Waals surface area (Å²) < 4.78 is 25.2. The second kappa shape index (κ2) is 31.4. The maximum absolute atomic E-state index is 12.1. The molecule has 0 rings (SSSR count). The Morgan fingerprint density at radius 2 is 0.769 bits per heavy atom. The summed E-state index contributed by atoms with van der Waals surface area (Å²) in [5.41, 5.74) is -0.621. The van der Waals surface area contributed by atoms with Crippen molar-refractivity contribution in [2.75, 3.05) is 118 Å². The number of aliphatic hydroxyl groups is 4. The van der Waals surface area contributed by atoms with Gasteiger partial charge in [0.25, 0.3) is 0 Å². The van der Waals surface area contributed by atoms with Crippen molar-refractivity contribution in [1.82, 2.24) is 20.0 Å². The molecule has 0 aliphatic carbocycles. The van der Waals surface area contributed by atoms with E-state index in [1.165, 1.54) is 0 Å². The van der Waals surface area contributed by atoms with Crippen molar-refractivity contribution in [3.05, 3.63) is 0 Å². The SMILES string of the molecule is CC(C)(C)OC(=O)NCCCN(CCCN(CCC(=O)OCCO)CCC(=O)OCCO)CCCN(CCC(=O)OCCO)CCC(=O)OCCO. The molecule has 0 fully saturated rings. The van der Waals surface area contributed by atoms with Gasteiger partial charge in [0.15, 0.2) is 0 Å². The Labute approximate surface area is 307 Å². The molecule has 0 aliphatic rings. The Morgan fingerprint density at radius 1 is 0.481 bits per heavy atom. The number of hydrogen-bond acceptors (Lipinski definition) is 17. The molecule has 0 aromatic rings. The molecule has 0 heterocycles. The maximum atomic E-state index is 12.1. The van der Waals surface area contributed by atoms with Crippen LogP contribution in [-0.4, -0.2) is 189 Å². The maximum Gasteiger partial charge on any atom is 0.407 e. The molecular formula is C34H64N4O14. The van der Waals surface area contributed by atoms with Gasteiger partial charge in [0.05, 0.1) is 52.1 Å². The highest BCUT2D eigenvalue weighted by Crippen LogP contribution is 2.08. The molecule has 0 saturated heterocycles. The van der Waals surface area contributed by atoms with Crippen LogP contribution in [0.4, 0.5) is 4.79 Å².